The lowest BCUT2D eigenvalue weighted by molar-refractivity contribution is 0.0771. The molecule has 1 saturated heterocycles. The normalized spacial score (nSPS) is 19.9. The molecule has 0 spiro atoms. The van der Waals surface area contributed by atoms with Crippen LogP contribution in [0.25, 0.3) is 10.9 Å². The van der Waals surface area contributed by atoms with Crippen LogP contribution < -0.4 is 19.7 Å². The van der Waals surface area contributed by atoms with E-state index in [4.69, 9.17) is 9.47 Å². The Hall–Kier alpha value is -3.97. The van der Waals surface area contributed by atoms with Crippen LogP contribution in [0.5, 0.6) is 11.5 Å². The van der Waals surface area contributed by atoms with Gasteiger partial charge in [0.1, 0.15) is 0 Å². The molecule has 0 amide bonds. The standard InChI is InChI=1S/C30H30N4O3/c35-30(21-9-11-27-28(18-21)37-19-36-27)29(25-10-8-20-4-1-2-5-23(20)32-25)34-16-14-33(15-17-34)26-7-3-6-24-22(26)12-13-31-24/h1-7,9,11-13,18,25,29,31-32H,8,10,14-17,19H2. The second kappa shape index (κ2) is 9.16. The van der Waals surface area contributed by atoms with Crippen molar-refractivity contribution in [2.75, 3.05) is 43.2 Å². The third-order valence-electron chi connectivity index (χ3n) is 8.01. The van der Waals surface area contributed by atoms with Crippen molar-refractivity contribution in [2.45, 2.75) is 24.9 Å². The molecule has 4 aromatic rings. The monoisotopic (exact) mass is 494 g/mol. The van der Waals surface area contributed by atoms with Crippen LogP contribution in [-0.4, -0.2) is 60.7 Å². The first kappa shape index (κ1) is 22.2. The number of ketones is 1. The Morgan fingerprint density at radius 2 is 1.78 bits per heavy atom. The molecule has 188 valence electrons. The van der Waals surface area contributed by atoms with Crippen LogP contribution in [-0.2, 0) is 6.42 Å². The zero-order valence-corrected chi connectivity index (χ0v) is 20.7. The van der Waals surface area contributed by atoms with E-state index < -0.39 is 0 Å². The van der Waals surface area contributed by atoms with Crippen molar-refractivity contribution >= 4 is 28.1 Å². The lowest BCUT2D eigenvalue weighted by Gasteiger charge is -2.44. The van der Waals surface area contributed by atoms with Crippen molar-refractivity contribution in [2.24, 2.45) is 0 Å². The Kier molecular flexibility index (Phi) is 5.51. The van der Waals surface area contributed by atoms with Gasteiger partial charge in [0.15, 0.2) is 17.3 Å². The van der Waals surface area contributed by atoms with Gasteiger partial charge in [-0.15, -0.1) is 0 Å². The summed E-state index contributed by atoms with van der Waals surface area (Å²) in [5.41, 5.74) is 5.54. The van der Waals surface area contributed by atoms with E-state index in [0.717, 1.165) is 50.2 Å². The number of Topliss-reactive ketones (excluding diaryl/α,β-unsaturated/α-hetero) is 1. The van der Waals surface area contributed by atoms with Crippen molar-refractivity contribution in [3.8, 4) is 11.5 Å². The van der Waals surface area contributed by atoms with Crippen LogP contribution in [0.4, 0.5) is 11.4 Å². The van der Waals surface area contributed by atoms with Gasteiger partial charge in [0.25, 0.3) is 0 Å². The molecule has 3 aromatic carbocycles. The van der Waals surface area contributed by atoms with Gasteiger partial charge >= 0.3 is 0 Å². The Balaban J connectivity index is 1.17. The number of benzene rings is 3. The Morgan fingerprint density at radius 1 is 0.919 bits per heavy atom. The summed E-state index contributed by atoms with van der Waals surface area (Å²) in [4.78, 5) is 22.3. The topological polar surface area (TPSA) is 69.8 Å². The summed E-state index contributed by atoms with van der Waals surface area (Å²) >= 11 is 0. The molecule has 7 heteroatoms. The Labute approximate surface area is 216 Å². The van der Waals surface area contributed by atoms with Crippen LogP contribution in [0.2, 0.25) is 0 Å². The summed E-state index contributed by atoms with van der Waals surface area (Å²) in [5.74, 6) is 1.48. The second-order valence-corrected chi connectivity index (χ2v) is 10.1. The summed E-state index contributed by atoms with van der Waals surface area (Å²) in [5, 5.41) is 4.97. The summed E-state index contributed by atoms with van der Waals surface area (Å²) in [6.07, 6.45) is 3.88. The van der Waals surface area contributed by atoms with E-state index in [1.54, 1.807) is 0 Å². The average Bonchev–Trinajstić information content (AvgIpc) is 3.63. The number of hydrogen-bond acceptors (Lipinski definition) is 6. The molecule has 7 nitrogen and oxygen atoms in total. The fraction of sp³-hybridized carbons (Fsp3) is 0.300. The highest BCUT2D eigenvalue weighted by Crippen LogP contribution is 2.35. The molecule has 0 bridgehead atoms. The van der Waals surface area contributed by atoms with Gasteiger partial charge in [-0.05, 0) is 60.9 Å². The number of aromatic nitrogens is 1. The van der Waals surface area contributed by atoms with Gasteiger partial charge in [-0.1, -0.05) is 24.3 Å². The SMILES string of the molecule is O=C(c1ccc2c(c1)OCO2)C(C1CCc2ccccc2N1)N1CCN(c2cccc3[nH]ccc23)CC1. The summed E-state index contributed by atoms with van der Waals surface area (Å²) in [6, 6.07) is 22.3. The number of nitrogens with one attached hydrogen (secondary N) is 2. The van der Waals surface area contributed by atoms with Crippen molar-refractivity contribution in [3.05, 3.63) is 84.1 Å². The van der Waals surface area contributed by atoms with Crippen molar-refractivity contribution < 1.29 is 14.3 Å². The number of H-pyrrole nitrogens is 1. The molecule has 2 atom stereocenters. The van der Waals surface area contributed by atoms with Gasteiger partial charge in [-0.25, -0.2) is 0 Å². The maximum absolute atomic E-state index is 14.2. The van der Waals surface area contributed by atoms with Crippen molar-refractivity contribution in [1.29, 1.82) is 0 Å². The van der Waals surface area contributed by atoms with Crippen LogP contribution in [0, 0.1) is 0 Å². The van der Waals surface area contributed by atoms with E-state index in [9.17, 15) is 4.79 Å². The highest BCUT2D eigenvalue weighted by molar-refractivity contribution is 6.01. The second-order valence-electron chi connectivity index (χ2n) is 10.1. The van der Waals surface area contributed by atoms with Gasteiger partial charge in [0.05, 0.1) is 6.04 Å². The molecule has 0 aliphatic carbocycles. The van der Waals surface area contributed by atoms with Crippen LogP contribution in [0.3, 0.4) is 0 Å². The minimum Gasteiger partial charge on any atom is -0.454 e. The van der Waals surface area contributed by atoms with Gasteiger partial charge in [0, 0.05) is 66.3 Å². The van der Waals surface area contributed by atoms with E-state index in [1.807, 2.05) is 24.4 Å². The number of nitrogens with zero attached hydrogens (tertiary/aromatic N) is 2. The van der Waals surface area contributed by atoms with E-state index in [0.29, 0.717) is 17.1 Å². The molecule has 0 radical (unpaired) electrons. The van der Waals surface area contributed by atoms with Crippen LogP contribution >= 0.6 is 0 Å². The van der Waals surface area contributed by atoms with E-state index >= 15 is 0 Å². The van der Waals surface area contributed by atoms with Crippen molar-refractivity contribution in [3.63, 3.8) is 0 Å². The van der Waals surface area contributed by atoms with Crippen LogP contribution in [0.1, 0.15) is 22.3 Å². The number of piperazine rings is 1. The number of aryl methyl sites for hydroxylation is 1. The number of para-hydroxylation sites is 1. The first-order chi connectivity index (χ1) is 18.2. The molecule has 37 heavy (non-hydrogen) atoms. The third kappa shape index (κ3) is 4.00. The molecule has 2 unspecified atom stereocenters. The highest BCUT2D eigenvalue weighted by atomic mass is 16.7. The highest BCUT2D eigenvalue weighted by Gasteiger charge is 2.38. The van der Waals surface area contributed by atoms with Gasteiger partial charge in [-0.2, -0.15) is 0 Å². The molecule has 3 aliphatic rings. The zero-order chi connectivity index (χ0) is 24.8. The smallest absolute Gasteiger partial charge is 0.231 e. The third-order valence-corrected chi connectivity index (χ3v) is 8.01. The lowest BCUT2D eigenvalue weighted by Crippen LogP contribution is -2.58. The minimum absolute atomic E-state index is 0.0347. The number of anilines is 2. The number of aromatic amines is 1. The van der Waals surface area contributed by atoms with E-state index in [-0.39, 0.29) is 24.7 Å². The summed E-state index contributed by atoms with van der Waals surface area (Å²) in [6.45, 7) is 3.59. The number of carbonyl (C=O) groups excluding carboxylic acids is 1. The Morgan fingerprint density at radius 3 is 2.70 bits per heavy atom. The lowest BCUT2D eigenvalue weighted by atomic mass is 9.88. The molecule has 1 aromatic heterocycles. The predicted molar refractivity (Wildman–Crippen MR) is 145 cm³/mol. The number of fused-ring (bicyclic) bond motifs is 3. The molecule has 7 rings (SSSR count). The van der Waals surface area contributed by atoms with Gasteiger partial charge in [-0.3, -0.25) is 9.69 Å². The Bertz CT molecular complexity index is 1460. The molecule has 2 N–H and O–H groups in total. The number of carbonyl (C=O) groups is 1. The average molecular weight is 495 g/mol. The van der Waals surface area contributed by atoms with Gasteiger partial charge in [0.2, 0.25) is 6.79 Å². The zero-order valence-electron chi connectivity index (χ0n) is 20.7. The molecule has 4 heterocycles. The summed E-state index contributed by atoms with van der Waals surface area (Å²) < 4.78 is 11.1. The van der Waals surface area contributed by atoms with Crippen LogP contribution in [0.15, 0.2) is 72.9 Å². The largest absolute Gasteiger partial charge is 0.454 e. The minimum atomic E-state index is -0.265. The number of rotatable bonds is 5. The molecular weight excluding hydrogens is 464 g/mol. The fourth-order valence-corrected chi connectivity index (χ4v) is 6.11. The predicted octanol–water partition coefficient (Wildman–Crippen LogP) is 4.70. The van der Waals surface area contributed by atoms with E-state index in [1.165, 1.54) is 16.6 Å². The molecule has 3 aliphatic heterocycles. The number of hydrogen-bond donors (Lipinski definition) is 2. The molecular formula is C30H30N4O3. The molecule has 1 fully saturated rings. The quantitative estimate of drug-likeness (QED) is 0.392. The van der Waals surface area contributed by atoms with Gasteiger partial charge < -0.3 is 24.7 Å². The van der Waals surface area contributed by atoms with Crippen molar-refractivity contribution in [1.82, 2.24) is 9.88 Å². The van der Waals surface area contributed by atoms with E-state index in [2.05, 4.69) is 68.6 Å². The first-order valence-electron chi connectivity index (χ1n) is 13.1. The number of ether oxygens (including phenoxy) is 2. The fourth-order valence-electron chi connectivity index (χ4n) is 6.11. The molecule has 0 saturated carbocycles. The maximum Gasteiger partial charge on any atom is 0.231 e. The summed E-state index contributed by atoms with van der Waals surface area (Å²) in [7, 11) is 0. The first-order valence-corrected chi connectivity index (χ1v) is 13.1. The maximum atomic E-state index is 14.2.